The normalized spacial score (nSPS) is 15.2. The summed E-state index contributed by atoms with van der Waals surface area (Å²) in [5.41, 5.74) is 1.47. The molecule has 1 aliphatic rings. The van der Waals surface area contributed by atoms with E-state index in [1.54, 1.807) is 12.1 Å². The molecule has 0 bridgehead atoms. The molecule has 0 aliphatic carbocycles. The van der Waals surface area contributed by atoms with E-state index in [0.717, 1.165) is 38.0 Å². The van der Waals surface area contributed by atoms with Crippen LogP contribution in [0.25, 0.3) is 0 Å². The first-order chi connectivity index (χ1) is 15.0. The molecule has 0 atom stereocenters. The number of para-hydroxylation sites is 1. The molecule has 3 N–H and O–H groups in total. The zero-order valence-electron chi connectivity index (χ0n) is 18.4. The number of hydrogen-bond acceptors (Lipinski definition) is 4. The van der Waals surface area contributed by atoms with Gasteiger partial charge in [-0.3, -0.25) is 4.90 Å². The number of aromatic hydroxyl groups is 1. The van der Waals surface area contributed by atoms with Gasteiger partial charge in [-0.15, -0.1) is 24.0 Å². The van der Waals surface area contributed by atoms with E-state index in [2.05, 4.69) is 20.5 Å². The second-order valence-electron chi connectivity index (χ2n) is 7.61. The predicted molar refractivity (Wildman–Crippen MR) is 133 cm³/mol. The summed E-state index contributed by atoms with van der Waals surface area (Å²) in [7, 11) is 1.52. The fourth-order valence-electron chi connectivity index (χ4n) is 3.67. The molecule has 32 heavy (non-hydrogen) atoms. The third-order valence-electron chi connectivity index (χ3n) is 5.37. The van der Waals surface area contributed by atoms with Crippen LogP contribution < -0.4 is 15.4 Å². The highest BCUT2D eigenvalue weighted by Gasteiger charge is 2.20. The van der Waals surface area contributed by atoms with Crippen LogP contribution in [0.3, 0.4) is 0 Å². The van der Waals surface area contributed by atoms with Crippen LogP contribution >= 0.6 is 24.0 Å². The molecule has 9 heteroatoms. The number of nitrogens with one attached hydrogen (secondary N) is 2. The van der Waals surface area contributed by atoms with E-state index in [4.69, 9.17) is 4.74 Å². The lowest BCUT2D eigenvalue weighted by Crippen LogP contribution is -2.48. The van der Waals surface area contributed by atoms with Crippen LogP contribution in [0.4, 0.5) is 8.78 Å². The lowest BCUT2D eigenvalue weighted by atomic mass is 10.0. The third-order valence-corrected chi connectivity index (χ3v) is 5.37. The minimum Gasteiger partial charge on any atom is -0.504 e. The minimum absolute atomic E-state index is 0. The number of guanidine groups is 1. The van der Waals surface area contributed by atoms with Gasteiger partial charge in [-0.25, -0.2) is 13.8 Å². The molecule has 2 aromatic rings. The van der Waals surface area contributed by atoms with Crippen LogP contribution in [-0.2, 0) is 13.1 Å². The average Bonchev–Trinajstić information content (AvgIpc) is 2.77. The third kappa shape index (κ3) is 7.19. The number of benzene rings is 2. The smallest absolute Gasteiger partial charge is 0.191 e. The molecule has 0 amide bonds. The first-order valence-corrected chi connectivity index (χ1v) is 10.6. The van der Waals surface area contributed by atoms with Crippen molar-refractivity contribution in [1.29, 1.82) is 0 Å². The number of likely N-dealkylation sites (tertiary alicyclic amines) is 1. The number of aliphatic imine (C=N–C) groups is 1. The Morgan fingerprint density at radius 2 is 1.94 bits per heavy atom. The maximum absolute atomic E-state index is 13.4. The number of hydrogen-bond donors (Lipinski definition) is 3. The highest BCUT2D eigenvalue weighted by atomic mass is 127. The van der Waals surface area contributed by atoms with Crippen molar-refractivity contribution in [3.8, 4) is 11.5 Å². The van der Waals surface area contributed by atoms with Gasteiger partial charge in [0.05, 0.1) is 13.7 Å². The number of piperidine rings is 1. The zero-order valence-corrected chi connectivity index (χ0v) is 20.7. The number of halogens is 3. The molecule has 6 nitrogen and oxygen atoms in total. The molecule has 0 saturated carbocycles. The number of nitrogens with zero attached hydrogens (tertiary/aromatic N) is 2. The Bertz CT molecular complexity index is 906. The maximum atomic E-state index is 13.4. The van der Waals surface area contributed by atoms with Gasteiger partial charge in [0.2, 0.25) is 0 Å². The van der Waals surface area contributed by atoms with Crippen molar-refractivity contribution in [3.05, 3.63) is 59.2 Å². The van der Waals surface area contributed by atoms with E-state index in [9.17, 15) is 13.9 Å². The van der Waals surface area contributed by atoms with Crippen molar-refractivity contribution in [2.45, 2.75) is 38.9 Å². The Labute approximate surface area is 205 Å². The summed E-state index contributed by atoms with van der Waals surface area (Å²) in [6.45, 7) is 5.37. The summed E-state index contributed by atoms with van der Waals surface area (Å²) < 4.78 is 31.7. The number of rotatable bonds is 7. The number of phenolic OH excluding ortho intramolecular Hbond substituents is 1. The summed E-state index contributed by atoms with van der Waals surface area (Å²) in [4.78, 5) is 6.85. The van der Waals surface area contributed by atoms with Gasteiger partial charge in [-0.1, -0.05) is 18.2 Å². The maximum Gasteiger partial charge on any atom is 0.191 e. The fraction of sp³-hybridized carbons (Fsp3) is 0.435. The van der Waals surface area contributed by atoms with Crippen LogP contribution in [0.5, 0.6) is 11.5 Å². The van der Waals surface area contributed by atoms with Crippen LogP contribution in [-0.4, -0.2) is 48.8 Å². The van der Waals surface area contributed by atoms with Crippen molar-refractivity contribution in [2.75, 3.05) is 26.7 Å². The fourth-order valence-corrected chi connectivity index (χ4v) is 3.67. The molecule has 1 fully saturated rings. The molecule has 1 aliphatic heterocycles. The van der Waals surface area contributed by atoms with Crippen molar-refractivity contribution in [2.24, 2.45) is 4.99 Å². The molecule has 1 saturated heterocycles. The molecule has 2 aromatic carbocycles. The summed E-state index contributed by atoms with van der Waals surface area (Å²) >= 11 is 0. The van der Waals surface area contributed by atoms with E-state index in [1.165, 1.54) is 19.2 Å². The lowest BCUT2D eigenvalue weighted by molar-refractivity contribution is 0.198. The Kier molecular flexibility index (Phi) is 10.4. The quantitative estimate of drug-likeness (QED) is 0.271. The van der Waals surface area contributed by atoms with Gasteiger partial charge >= 0.3 is 0 Å². The summed E-state index contributed by atoms with van der Waals surface area (Å²) in [6.07, 6.45) is 1.83. The molecule has 1 heterocycles. The van der Waals surface area contributed by atoms with Crippen LogP contribution in [0.15, 0.2) is 41.4 Å². The summed E-state index contributed by atoms with van der Waals surface area (Å²) in [5, 5.41) is 17.0. The number of methoxy groups -OCH3 is 1. The van der Waals surface area contributed by atoms with Crippen LogP contribution in [0.2, 0.25) is 0 Å². The molecule has 0 unspecified atom stereocenters. The minimum atomic E-state index is -0.816. The summed E-state index contributed by atoms with van der Waals surface area (Å²) in [5.74, 6) is -0.384. The highest BCUT2D eigenvalue weighted by molar-refractivity contribution is 14.0. The van der Waals surface area contributed by atoms with Crippen LogP contribution in [0.1, 0.15) is 30.9 Å². The first kappa shape index (κ1) is 26.1. The topological polar surface area (TPSA) is 69.1 Å². The van der Waals surface area contributed by atoms with Crippen LogP contribution in [0, 0.1) is 11.6 Å². The zero-order chi connectivity index (χ0) is 22.2. The Hall–Kier alpha value is -2.14. The largest absolute Gasteiger partial charge is 0.504 e. The van der Waals surface area contributed by atoms with Gasteiger partial charge in [-0.2, -0.15) is 0 Å². The molecule has 0 aromatic heterocycles. The van der Waals surface area contributed by atoms with E-state index in [0.29, 0.717) is 30.4 Å². The molecule has 0 spiro atoms. The molecule has 3 rings (SSSR count). The van der Waals surface area contributed by atoms with Crippen molar-refractivity contribution in [1.82, 2.24) is 15.5 Å². The highest BCUT2D eigenvalue weighted by Crippen LogP contribution is 2.29. The molecule has 176 valence electrons. The van der Waals surface area contributed by atoms with Crippen molar-refractivity contribution >= 4 is 29.9 Å². The number of ether oxygens (including phenoxy) is 1. The summed E-state index contributed by atoms with van der Waals surface area (Å²) in [6, 6.07) is 9.70. The average molecular weight is 560 g/mol. The second-order valence-corrected chi connectivity index (χ2v) is 7.61. The Balaban J connectivity index is 0.00000363. The number of phenols is 1. The van der Waals surface area contributed by atoms with Crippen molar-refractivity contribution < 1.29 is 18.6 Å². The van der Waals surface area contributed by atoms with Gasteiger partial charge in [0.1, 0.15) is 0 Å². The predicted octanol–water partition coefficient (Wildman–Crippen LogP) is 4.02. The van der Waals surface area contributed by atoms with Gasteiger partial charge in [0, 0.05) is 37.8 Å². The Morgan fingerprint density at radius 1 is 1.19 bits per heavy atom. The monoisotopic (exact) mass is 560 g/mol. The van der Waals surface area contributed by atoms with E-state index in [-0.39, 0.29) is 35.8 Å². The van der Waals surface area contributed by atoms with E-state index in [1.807, 2.05) is 19.1 Å². The van der Waals surface area contributed by atoms with E-state index >= 15 is 0 Å². The molecular formula is C23H31F2IN4O2. The molecular weight excluding hydrogens is 529 g/mol. The van der Waals surface area contributed by atoms with E-state index < -0.39 is 11.6 Å². The lowest BCUT2D eigenvalue weighted by Gasteiger charge is -2.33. The van der Waals surface area contributed by atoms with Gasteiger partial charge in [-0.05, 0) is 43.5 Å². The Morgan fingerprint density at radius 3 is 2.59 bits per heavy atom. The first-order valence-electron chi connectivity index (χ1n) is 10.6. The SMILES string of the molecule is CCNC(=NCc1cccc(OC)c1O)NC1CCN(Cc2ccc(F)c(F)c2)CC1.I. The standard InChI is InChI=1S/C23H30F2N4O2.HI/c1-3-26-23(27-14-17-5-4-6-21(31-2)22(17)30)28-18-9-11-29(12-10-18)15-16-7-8-19(24)20(25)13-16;/h4-8,13,18,30H,3,9-12,14-15H2,1-2H3,(H2,26,27,28);1H. The van der Waals surface area contributed by atoms with Gasteiger partial charge in [0.25, 0.3) is 0 Å². The second kappa shape index (κ2) is 12.8. The van der Waals surface area contributed by atoms with Crippen molar-refractivity contribution in [3.63, 3.8) is 0 Å². The van der Waals surface area contributed by atoms with Gasteiger partial charge in [0.15, 0.2) is 29.1 Å². The molecule has 0 radical (unpaired) electrons. The van der Waals surface area contributed by atoms with Gasteiger partial charge < -0.3 is 20.5 Å².